The molecule has 2 amide bonds. The van der Waals surface area contributed by atoms with Crippen molar-refractivity contribution in [1.29, 1.82) is 0 Å². The molecule has 0 radical (unpaired) electrons. The standard InChI is InChI=1S/C10H12N2O4/c1-15-10(14)11-8-5-3-7(4-6-8)9(13)12-16-2/h3-6H,1-2H3,(H,11,14)(H,12,13). The number of hydrogen-bond donors (Lipinski definition) is 2. The van der Waals surface area contributed by atoms with Crippen LogP contribution in [0.4, 0.5) is 10.5 Å². The number of ether oxygens (including phenoxy) is 1. The van der Waals surface area contributed by atoms with Crippen LogP contribution in [0.1, 0.15) is 10.4 Å². The highest BCUT2D eigenvalue weighted by molar-refractivity contribution is 5.94. The van der Waals surface area contributed by atoms with Gasteiger partial charge in [0.15, 0.2) is 0 Å². The maximum Gasteiger partial charge on any atom is 0.411 e. The van der Waals surface area contributed by atoms with Crippen LogP contribution in [0.15, 0.2) is 24.3 Å². The van der Waals surface area contributed by atoms with Crippen molar-refractivity contribution in [1.82, 2.24) is 5.48 Å². The van der Waals surface area contributed by atoms with Crippen LogP contribution in [0.2, 0.25) is 0 Å². The summed E-state index contributed by atoms with van der Waals surface area (Å²) < 4.78 is 4.42. The number of carbonyl (C=O) groups is 2. The average molecular weight is 224 g/mol. The molecule has 0 aromatic heterocycles. The maximum absolute atomic E-state index is 11.3. The molecule has 0 bridgehead atoms. The van der Waals surface area contributed by atoms with Crippen molar-refractivity contribution < 1.29 is 19.2 Å². The lowest BCUT2D eigenvalue weighted by molar-refractivity contribution is 0.0537. The van der Waals surface area contributed by atoms with E-state index >= 15 is 0 Å². The Morgan fingerprint density at radius 3 is 2.25 bits per heavy atom. The summed E-state index contributed by atoms with van der Waals surface area (Å²) in [5.74, 6) is -0.355. The quantitative estimate of drug-likeness (QED) is 0.755. The minimum absolute atomic E-state index is 0.355. The fourth-order valence-electron chi connectivity index (χ4n) is 1.03. The van der Waals surface area contributed by atoms with Gasteiger partial charge in [-0.25, -0.2) is 10.3 Å². The molecule has 0 atom stereocenters. The topological polar surface area (TPSA) is 76.7 Å². The van der Waals surface area contributed by atoms with Gasteiger partial charge in [-0.2, -0.15) is 0 Å². The van der Waals surface area contributed by atoms with Crippen LogP contribution in [0.25, 0.3) is 0 Å². The molecule has 16 heavy (non-hydrogen) atoms. The number of nitrogens with one attached hydrogen (secondary N) is 2. The highest BCUT2D eigenvalue weighted by Crippen LogP contribution is 2.09. The summed E-state index contributed by atoms with van der Waals surface area (Å²) in [5, 5.41) is 2.47. The van der Waals surface area contributed by atoms with Crippen LogP contribution >= 0.6 is 0 Å². The van der Waals surface area contributed by atoms with Crippen molar-refractivity contribution in [2.45, 2.75) is 0 Å². The van der Waals surface area contributed by atoms with E-state index < -0.39 is 6.09 Å². The molecular weight excluding hydrogens is 212 g/mol. The Kier molecular flexibility index (Phi) is 4.28. The molecule has 0 spiro atoms. The third-order valence-electron chi connectivity index (χ3n) is 1.77. The number of carbonyl (C=O) groups excluding carboxylic acids is 2. The van der Waals surface area contributed by atoms with Crippen LogP contribution in [0.5, 0.6) is 0 Å². The molecule has 1 rings (SSSR count). The molecular formula is C10H12N2O4. The summed E-state index contributed by atoms with van der Waals surface area (Å²) in [4.78, 5) is 26.6. The van der Waals surface area contributed by atoms with Crippen LogP contribution in [-0.2, 0) is 9.57 Å². The van der Waals surface area contributed by atoms with Crippen molar-refractivity contribution in [3.05, 3.63) is 29.8 Å². The van der Waals surface area contributed by atoms with E-state index in [1.54, 1.807) is 24.3 Å². The lowest BCUT2D eigenvalue weighted by Crippen LogP contribution is -2.21. The normalized spacial score (nSPS) is 9.38. The van der Waals surface area contributed by atoms with Gasteiger partial charge in [0.1, 0.15) is 0 Å². The highest BCUT2D eigenvalue weighted by Gasteiger charge is 2.05. The molecule has 0 unspecified atom stereocenters. The van der Waals surface area contributed by atoms with E-state index in [1.165, 1.54) is 14.2 Å². The minimum Gasteiger partial charge on any atom is -0.453 e. The zero-order valence-electron chi connectivity index (χ0n) is 8.94. The molecule has 0 saturated carbocycles. The first kappa shape index (κ1) is 12.0. The Balaban J connectivity index is 2.67. The van der Waals surface area contributed by atoms with Crippen molar-refractivity contribution in [2.75, 3.05) is 19.5 Å². The number of benzene rings is 1. The van der Waals surface area contributed by atoms with Gasteiger partial charge in [-0.3, -0.25) is 14.9 Å². The molecule has 1 aromatic rings. The Bertz CT molecular complexity index is 375. The van der Waals surface area contributed by atoms with Crippen molar-refractivity contribution >= 4 is 17.7 Å². The summed E-state index contributed by atoms with van der Waals surface area (Å²) in [6.45, 7) is 0. The Morgan fingerprint density at radius 2 is 1.75 bits per heavy atom. The van der Waals surface area contributed by atoms with E-state index in [1.807, 2.05) is 0 Å². The molecule has 86 valence electrons. The number of amides is 2. The van der Waals surface area contributed by atoms with Crippen LogP contribution in [0.3, 0.4) is 0 Å². The largest absolute Gasteiger partial charge is 0.453 e. The van der Waals surface area contributed by atoms with E-state index in [4.69, 9.17) is 0 Å². The lowest BCUT2D eigenvalue weighted by atomic mass is 10.2. The van der Waals surface area contributed by atoms with Gasteiger partial charge >= 0.3 is 6.09 Å². The molecule has 0 heterocycles. The zero-order valence-corrected chi connectivity index (χ0v) is 8.94. The van der Waals surface area contributed by atoms with E-state index in [0.717, 1.165) is 0 Å². The van der Waals surface area contributed by atoms with E-state index in [9.17, 15) is 9.59 Å². The van der Waals surface area contributed by atoms with Crippen LogP contribution in [-0.4, -0.2) is 26.2 Å². The second kappa shape index (κ2) is 5.72. The second-order valence-corrected chi connectivity index (χ2v) is 2.83. The number of hydrogen-bond acceptors (Lipinski definition) is 4. The predicted octanol–water partition coefficient (Wildman–Crippen LogP) is 1.16. The first-order valence-corrected chi connectivity index (χ1v) is 4.45. The van der Waals surface area contributed by atoms with Gasteiger partial charge in [0, 0.05) is 11.3 Å². The predicted molar refractivity (Wildman–Crippen MR) is 56.9 cm³/mol. The summed E-state index contributed by atoms with van der Waals surface area (Å²) in [6, 6.07) is 6.28. The summed E-state index contributed by atoms with van der Waals surface area (Å²) in [6.07, 6.45) is -0.561. The molecule has 6 heteroatoms. The second-order valence-electron chi connectivity index (χ2n) is 2.83. The monoisotopic (exact) mass is 224 g/mol. The molecule has 0 aliphatic heterocycles. The molecule has 0 aliphatic carbocycles. The van der Waals surface area contributed by atoms with Gasteiger partial charge in [0.05, 0.1) is 14.2 Å². The van der Waals surface area contributed by atoms with E-state index in [-0.39, 0.29) is 5.91 Å². The smallest absolute Gasteiger partial charge is 0.411 e. The fourth-order valence-corrected chi connectivity index (χ4v) is 1.03. The lowest BCUT2D eigenvalue weighted by Gasteiger charge is -2.05. The van der Waals surface area contributed by atoms with E-state index in [0.29, 0.717) is 11.3 Å². The van der Waals surface area contributed by atoms with Gasteiger partial charge < -0.3 is 4.74 Å². The third-order valence-corrected chi connectivity index (χ3v) is 1.77. The van der Waals surface area contributed by atoms with Gasteiger partial charge in [-0.1, -0.05) is 0 Å². The fraction of sp³-hybridized carbons (Fsp3) is 0.200. The van der Waals surface area contributed by atoms with Gasteiger partial charge in [-0.15, -0.1) is 0 Å². The number of rotatable bonds is 3. The Morgan fingerprint density at radius 1 is 1.12 bits per heavy atom. The van der Waals surface area contributed by atoms with Gasteiger partial charge in [0.2, 0.25) is 0 Å². The third kappa shape index (κ3) is 3.25. The average Bonchev–Trinajstić information content (AvgIpc) is 2.30. The van der Waals surface area contributed by atoms with Crippen molar-refractivity contribution in [3.63, 3.8) is 0 Å². The molecule has 1 aromatic carbocycles. The van der Waals surface area contributed by atoms with Gasteiger partial charge in [-0.05, 0) is 24.3 Å². The number of hydroxylamine groups is 1. The van der Waals surface area contributed by atoms with Crippen LogP contribution in [0, 0.1) is 0 Å². The van der Waals surface area contributed by atoms with Crippen molar-refractivity contribution in [3.8, 4) is 0 Å². The Labute approximate surface area is 92.5 Å². The SMILES string of the molecule is CONC(=O)c1ccc(NC(=O)OC)cc1. The highest BCUT2D eigenvalue weighted by atomic mass is 16.6. The van der Waals surface area contributed by atoms with Crippen molar-refractivity contribution in [2.24, 2.45) is 0 Å². The maximum atomic E-state index is 11.3. The summed E-state index contributed by atoms with van der Waals surface area (Å²) >= 11 is 0. The molecule has 0 fully saturated rings. The number of methoxy groups -OCH3 is 1. The van der Waals surface area contributed by atoms with Crippen LogP contribution < -0.4 is 10.8 Å². The van der Waals surface area contributed by atoms with Gasteiger partial charge in [0.25, 0.3) is 5.91 Å². The Hall–Kier alpha value is -2.08. The number of anilines is 1. The molecule has 0 saturated heterocycles. The first-order valence-electron chi connectivity index (χ1n) is 4.45. The zero-order chi connectivity index (χ0) is 12.0. The minimum atomic E-state index is -0.561. The molecule has 6 nitrogen and oxygen atoms in total. The van der Waals surface area contributed by atoms with E-state index in [2.05, 4.69) is 20.4 Å². The summed E-state index contributed by atoms with van der Waals surface area (Å²) in [7, 11) is 2.63. The first-order chi connectivity index (χ1) is 7.67. The summed E-state index contributed by atoms with van der Waals surface area (Å²) in [5.41, 5.74) is 3.15. The molecule has 0 aliphatic rings. The molecule has 2 N–H and O–H groups in total.